The molecule has 2 atom stereocenters. The summed E-state index contributed by atoms with van der Waals surface area (Å²) in [5.41, 5.74) is 0.0685. The number of rotatable bonds is 2. The summed E-state index contributed by atoms with van der Waals surface area (Å²) in [6, 6.07) is 8.70. The third kappa shape index (κ3) is 3.49. The van der Waals surface area contributed by atoms with E-state index in [0.29, 0.717) is 24.2 Å². The van der Waals surface area contributed by atoms with Gasteiger partial charge in [0.05, 0.1) is 17.3 Å². The Morgan fingerprint density at radius 1 is 1.21 bits per heavy atom. The molecule has 1 spiro atoms. The Balaban J connectivity index is 0.00000225. The lowest BCUT2D eigenvalue weighted by atomic mass is 9.96. The van der Waals surface area contributed by atoms with Gasteiger partial charge in [-0.3, -0.25) is 15.1 Å². The Bertz CT molecular complexity index is 889. The van der Waals surface area contributed by atoms with Gasteiger partial charge in [0.15, 0.2) is 0 Å². The average Bonchev–Trinajstić information content (AvgIpc) is 3.21. The molecule has 4 rings (SSSR count). The highest BCUT2D eigenvalue weighted by Gasteiger charge is 2.50. The van der Waals surface area contributed by atoms with Gasteiger partial charge >= 0.3 is 6.18 Å². The molecule has 2 saturated heterocycles. The van der Waals surface area contributed by atoms with Gasteiger partial charge in [-0.2, -0.15) is 13.2 Å². The molecular formula is C20H21ClF3N3O. The number of nitrogens with one attached hydrogen (secondary N) is 1. The molecule has 1 N–H and O–H groups in total. The quantitative estimate of drug-likeness (QED) is 0.805. The van der Waals surface area contributed by atoms with Gasteiger partial charge in [0.25, 0.3) is 0 Å². The number of likely N-dealkylation sites (N-methyl/N-ethyl adjacent to an activating group) is 1. The number of carbonyl (C=O) groups is 1. The fraction of sp³-hybridized carbons (Fsp3) is 0.400. The maximum Gasteiger partial charge on any atom is 0.417 e. The fourth-order valence-corrected chi connectivity index (χ4v) is 4.18. The van der Waals surface area contributed by atoms with Crippen molar-refractivity contribution in [2.45, 2.75) is 37.0 Å². The molecule has 3 heterocycles. The highest BCUT2D eigenvalue weighted by atomic mass is 35.5. The molecule has 2 aromatic rings. The zero-order valence-corrected chi connectivity index (χ0v) is 16.1. The predicted octanol–water partition coefficient (Wildman–Crippen LogP) is 4.21. The molecule has 2 fully saturated rings. The lowest BCUT2D eigenvalue weighted by Gasteiger charge is -2.23. The van der Waals surface area contributed by atoms with Crippen LogP contribution in [0.4, 0.5) is 13.2 Å². The number of nitrogens with zero attached hydrogens (tertiary/aromatic N) is 2. The van der Waals surface area contributed by atoms with Crippen molar-refractivity contribution in [3.8, 4) is 11.1 Å². The van der Waals surface area contributed by atoms with E-state index in [4.69, 9.17) is 0 Å². The summed E-state index contributed by atoms with van der Waals surface area (Å²) in [5.74, 6) is 0.0866. The van der Waals surface area contributed by atoms with Crippen LogP contribution in [0.5, 0.6) is 0 Å². The first kappa shape index (κ1) is 20.6. The van der Waals surface area contributed by atoms with E-state index in [-0.39, 0.29) is 29.9 Å². The molecule has 0 bridgehead atoms. The maximum absolute atomic E-state index is 13.3. The average molecular weight is 412 g/mol. The Labute approximate surface area is 167 Å². The first-order valence-electron chi connectivity index (χ1n) is 8.96. The molecule has 28 heavy (non-hydrogen) atoms. The van der Waals surface area contributed by atoms with Gasteiger partial charge in [-0.25, -0.2) is 0 Å². The summed E-state index contributed by atoms with van der Waals surface area (Å²) in [7, 11) is 1.79. The van der Waals surface area contributed by atoms with Crippen molar-refractivity contribution >= 4 is 18.3 Å². The van der Waals surface area contributed by atoms with Crippen LogP contribution in [0.2, 0.25) is 0 Å². The number of halogens is 4. The van der Waals surface area contributed by atoms with E-state index in [2.05, 4.69) is 10.3 Å². The molecule has 1 amide bonds. The van der Waals surface area contributed by atoms with Crippen molar-refractivity contribution in [3.05, 3.63) is 53.9 Å². The van der Waals surface area contributed by atoms with E-state index in [1.165, 1.54) is 18.3 Å². The minimum Gasteiger partial charge on any atom is -0.344 e. The smallest absolute Gasteiger partial charge is 0.344 e. The van der Waals surface area contributed by atoms with Crippen LogP contribution in [-0.2, 0) is 11.0 Å². The summed E-state index contributed by atoms with van der Waals surface area (Å²) < 4.78 is 40.0. The zero-order valence-electron chi connectivity index (χ0n) is 15.3. The minimum atomic E-state index is -4.42. The Morgan fingerprint density at radius 2 is 1.96 bits per heavy atom. The lowest BCUT2D eigenvalue weighted by molar-refractivity contribution is -0.137. The van der Waals surface area contributed by atoms with Crippen molar-refractivity contribution in [1.82, 2.24) is 15.2 Å². The fourth-order valence-electron chi connectivity index (χ4n) is 4.18. The number of hydrogen-bond donors (Lipinski definition) is 1. The van der Waals surface area contributed by atoms with Gasteiger partial charge in [0, 0.05) is 19.8 Å². The molecule has 150 valence electrons. The Kier molecular flexibility index (Phi) is 5.42. The van der Waals surface area contributed by atoms with E-state index in [9.17, 15) is 18.0 Å². The highest BCUT2D eigenvalue weighted by molar-refractivity contribution is 5.88. The second-order valence-electron chi connectivity index (χ2n) is 7.31. The van der Waals surface area contributed by atoms with Gasteiger partial charge in [-0.1, -0.05) is 18.2 Å². The summed E-state index contributed by atoms with van der Waals surface area (Å²) >= 11 is 0. The molecular weight excluding hydrogens is 391 g/mol. The third-order valence-corrected chi connectivity index (χ3v) is 5.62. The Hall–Kier alpha value is -2.12. The van der Waals surface area contributed by atoms with Gasteiger partial charge < -0.3 is 4.90 Å². The van der Waals surface area contributed by atoms with Crippen LogP contribution < -0.4 is 5.32 Å². The van der Waals surface area contributed by atoms with Crippen molar-refractivity contribution < 1.29 is 18.0 Å². The van der Waals surface area contributed by atoms with E-state index in [0.717, 1.165) is 18.9 Å². The topological polar surface area (TPSA) is 45.2 Å². The number of aromatic nitrogens is 1. The number of alkyl halides is 3. The number of amides is 1. The molecule has 8 heteroatoms. The summed E-state index contributed by atoms with van der Waals surface area (Å²) in [6.45, 7) is 0.713. The van der Waals surface area contributed by atoms with E-state index < -0.39 is 17.3 Å². The normalized spacial score (nSPS) is 24.6. The number of benzene rings is 1. The standard InChI is InChI=1S/C20H20F3N3O.ClH/c1-26-11-9-19(18(26)27)8-6-16(25-19)17-12-13(7-10-24-17)14-4-2-3-5-15(14)20(21,22)23;/h2-5,7,10,12,16,25H,6,8-9,11H2,1H3;1H/t16-,19+;/m1./s1. The summed E-state index contributed by atoms with van der Waals surface area (Å²) in [6.07, 6.45) is -0.693. The molecule has 4 nitrogen and oxygen atoms in total. The minimum absolute atomic E-state index is 0. The maximum atomic E-state index is 13.3. The van der Waals surface area contributed by atoms with Crippen molar-refractivity contribution in [3.63, 3.8) is 0 Å². The molecule has 0 saturated carbocycles. The van der Waals surface area contributed by atoms with Crippen LogP contribution in [0.3, 0.4) is 0 Å². The van der Waals surface area contributed by atoms with Gasteiger partial charge in [0.1, 0.15) is 5.54 Å². The van der Waals surface area contributed by atoms with E-state index in [1.807, 2.05) is 0 Å². The molecule has 0 radical (unpaired) electrons. The van der Waals surface area contributed by atoms with Crippen LogP contribution >= 0.6 is 12.4 Å². The molecule has 0 unspecified atom stereocenters. The monoisotopic (exact) mass is 411 g/mol. The van der Waals surface area contributed by atoms with Crippen LogP contribution in [0.1, 0.15) is 36.6 Å². The van der Waals surface area contributed by atoms with Crippen LogP contribution in [0.25, 0.3) is 11.1 Å². The second kappa shape index (κ2) is 7.37. The number of likely N-dealkylation sites (tertiary alicyclic amines) is 1. The van der Waals surface area contributed by atoms with Gasteiger partial charge in [0.2, 0.25) is 5.91 Å². The van der Waals surface area contributed by atoms with Crippen molar-refractivity contribution in [1.29, 1.82) is 0 Å². The predicted molar refractivity (Wildman–Crippen MR) is 102 cm³/mol. The number of hydrogen-bond acceptors (Lipinski definition) is 3. The van der Waals surface area contributed by atoms with Crippen LogP contribution in [0.15, 0.2) is 42.6 Å². The van der Waals surface area contributed by atoms with Crippen LogP contribution in [0, 0.1) is 0 Å². The first-order valence-corrected chi connectivity index (χ1v) is 8.96. The Morgan fingerprint density at radius 3 is 2.64 bits per heavy atom. The van der Waals surface area contributed by atoms with Crippen LogP contribution in [-0.4, -0.2) is 34.9 Å². The molecule has 2 aliphatic rings. The molecule has 2 aliphatic heterocycles. The summed E-state index contributed by atoms with van der Waals surface area (Å²) in [4.78, 5) is 18.6. The second-order valence-corrected chi connectivity index (χ2v) is 7.31. The van der Waals surface area contributed by atoms with Crippen molar-refractivity contribution in [2.24, 2.45) is 0 Å². The summed E-state index contributed by atoms with van der Waals surface area (Å²) in [5, 5.41) is 3.41. The number of pyridine rings is 1. The molecule has 0 aliphatic carbocycles. The third-order valence-electron chi connectivity index (χ3n) is 5.62. The SMILES string of the molecule is CN1CC[C@@]2(CC[C@H](c3cc(-c4ccccc4C(F)(F)F)ccn3)N2)C1=O.Cl. The van der Waals surface area contributed by atoms with E-state index >= 15 is 0 Å². The largest absolute Gasteiger partial charge is 0.417 e. The number of carbonyl (C=O) groups excluding carboxylic acids is 1. The lowest BCUT2D eigenvalue weighted by Crippen LogP contribution is -2.47. The molecule has 1 aromatic heterocycles. The van der Waals surface area contributed by atoms with Gasteiger partial charge in [-0.15, -0.1) is 12.4 Å². The highest BCUT2D eigenvalue weighted by Crippen LogP contribution is 2.40. The van der Waals surface area contributed by atoms with Gasteiger partial charge in [-0.05, 0) is 48.6 Å². The van der Waals surface area contributed by atoms with E-state index in [1.54, 1.807) is 30.1 Å². The van der Waals surface area contributed by atoms with Crippen molar-refractivity contribution in [2.75, 3.05) is 13.6 Å². The zero-order chi connectivity index (χ0) is 19.2. The molecule has 1 aromatic carbocycles. The first-order chi connectivity index (χ1) is 12.8.